The Bertz CT molecular complexity index is 781. The lowest BCUT2D eigenvalue weighted by Crippen LogP contribution is -2.12. The van der Waals surface area contributed by atoms with Crippen LogP contribution >= 0.6 is 11.3 Å². The van der Waals surface area contributed by atoms with Crippen LogP contribution in [0.5, 0.6) is 0 Å². The van der Waals surface area contributed by atoms with Crippen LogP contribution in [0.2, 0.25) is 0 Å². The van der Waals surface area contributed by atoms with Crippen LogP contribution in [-0.4, -0.2) is 17.6 Å². The zero-order valence-corrected chi connectivity index (χ0v) is 12.5. The largest absolute Gasteiger partial charge is 0.459 e. The lowest BCUT2D eigenvalue weighted by molar-refractivity contribution is 0.0493. The smallest absolute Gasteiger partial charge is 0.367 e. The van der Waals surface area contributed by atoms with E-state index < -0.39 is 0 Å². The maximum absolute atomic E-state index is 12.0. The molecule has 0 saturated heterocycles. The fourth-order valence-corrected chi connectivity index (χ4v) is 3.51. The van der Waals surface area contributed by atoms with Gasteiger partial charge in [0.1, 0.15) is 6.61 Å². The molecular weight excluding hydrogens is 294 g/mol. The molecule has 0 spiro atoms. The van der Waals surface area contributed by atoms with E-state index in [1.165, 1.54) is 33.6 Å². The van der Waals surface area contributed by atoms with Crippen molar-refractivity contribution < 1.29 is 9.53 Å². The molecule has 0 amide bonds. The van der Waals surface area contributed by atoms with Crippen molar-refractivity contribution in [2.24, 2.45) is 0 Å². The van der Waals surface area contributed by atoms with Crippen LogP contribution in [0, 0.1) is 0 Å². The van der Waals surface area contributed by atoms with Crippen molar-refractivity contribution in [1.29, 1.82) is 0 Å². The molecule has 0 unspecified atom stereocenters. The van der Waals surface area contributed by atoms with Gasteiger partial charge in [-0.2, -0.15) is 0 Å². The number of ether oxygens (including phenoxy) is 1. The van der Waals surface area contributed by atoms with Crippen LogP contribution in [0.4, 0.5) is 0 Å². The summed E-state index contributed by atoms with van der Waals surface area (Å²) in [5, 5.41) is 2.18. The number of esters is 1. The standard InChI is InChI=1S/C18H13NO2S/c20-18(17-19-9-10-22-17)21-11-16-14-7-3-1-5-12(14)13-6-2-4-8-15(13)16/h1-10,16H,11H2. The molecule has 1 aromatic heterocycles. The maximum atomic E-state index is 12.0. The molecule has 1 aliphatic carbocycles. The van der Waals surface area contributed by atoms with Crippen molar-refractivity contribution in [3.8, 4) is 11.1 Å². The molecule has 2 aromatic carbocycles. The Morgan fingerprint density at radius 1 is 1.05 bits per heavy atom. The summed E-state index contributed by atoms with van der Waals surface area (Å²) in [4.78, 5) is 16.0. The lowest BCUT2D eigenvalue weighted by Gasteiger charge is -2.13. The van der Waals surface area contributed by atoms with E-state index in [0.717, 1.165) is 0 Å². The predicted octanol–water partition coefficient (Wildman–Crippen LogP) is 4.11. The number of benzene rings is 2. The number of hydrogen-bond donors (Lipinski definition) is 0. The van der Waals surface area contributed by atoms with Crippen molar-refractivity contribution in [1.82, 2.24) is 4.98 Å². The first-order chi connectivity index (χ1) is 10.8. The summed E-state index contributed by atoms with van der Waals surface area (Å²) in [6, 6.07) is 16.6. The Morgan fingerprint density at radius 2 is 1.68 bits per heavy atom. The van der Waals surface area contributed by atoms with Gasteiger partial charge in [-0.25, -0.2) is 9.78 Å². The third-order valence-electron chi connectivity index (χ3n) is 3.95. The molecule has 3 nitrogen and oxygen atoms in total. The van der Waals surface area contributed by atoms with E-state index in [1.54, 1.807) is 11.6 Å². The molecule has 0 fully saturated rings. The Morgan fingerprint density at radius 3 is 2.27 bits per heavy atom. The molecule has 0 aliphatic heterocycles. The number of thiazole rings is 1. The summed E-state index contributed by atoms with van der Waals surface area (Å²) >= 11 is 1.30. The van der Waals surface area contributed by atoms with E-state index in [9.17, 15) is 4.79 Å². The fourth-order valence-electron chi connectivity index (χ4n) is 2.98. The van der Waals surface area contributed by atoms with Gasteiger partial charge in [0.2, 0.25) is 5.01 Å². The van der Waals surface area contributed by atoms with Crippen molar-refractivity contribution in [3.05, 3.63) is 76.2 Å². The first kappa shape index (κ1) is 13.2. The molecule has 108 valence electrons. The zero-order chi connectivity index (χ0) is 14.9. The maximum Gasteiger partial charge on any atom is 0.367 e. The Balaban J connectivity index is 1.63. The highest BCUT2D eigenvalue weighted by Gasteiger charge is 2.29. The Kier molecular flexibility index (Phi) is 3.24. The highest BCUT2D eigenvalue weighted by molar-refractivity contribution is 7.11. The molecule has 4 rings (SSSR count). The van der Waals surface area contributed by atoms with E-state index in [4.69, 9.17) is 4.74 Å². The molecule has 0 saturated carbocycles. The first-order valence-corrected chi connectivity index (χ1v) is 7.97. The second kappa shape index (κ2) is 5.39. The molecule has 1 aliphatic rings. The summed E-state index contributed by atoms with van der Waals surface area (Å²) in [5.74, 6) is -0.256. The van der Waals surface area contributed by atoms with Gasteiger partial charge < -0.3 is 4.74 Å². The number of rotatable bonds is 3. The lowest BCUT2D eigenvalue weighted by atomic mass is 9.98. The summed E-state index contributed by atoms with van der Waals surface area (Å²) in [6.45, 7) is 0.340. The van der Waals surface area contributed by atoms with Crippen molar-refractivity contribution >= 4 is 17.3 Å². The third kappa shape index (κ3) is 2.12. The molecule has 22 heavy (non-hydrogen) atoms. The average molecular weight is 307 g/mol. The minimum atomic E-state index is -0.350. The number of fused-ring (bicyclic) bond motifs is 3. The zero-order valence-electron chi connectivity index (χ0n) is 11.7. The van der Waals surface area contributed by atoms with Crippen LogP contribution in [-0.2, 0) is 4.74 Å². The summed E-state index contributed by atoms with van der Waals surface area (Å²) in [5.41, 5.74) is 4.90. The predicted molar refractivity (Wildman–Crippen MR) is 86.1 cm³/mol. The second-order valence-electron chi connectivity index (χ2n) is 5.16. The van der Waals surface area contributed by atoms with Crippen molar-refractivity contribution in [3.63, 3.8) is 0 Å². The molecule has 3 aromatic rings. The van der Waals surface area contributed by atoms with E-state index in [-0.39, 0.29) is 11.9 Å². The minimum absolute atomic E-state index is 0.0938. The molecule has 1 heterocycles. The quantitative estimate of drug-likeness (QED) is 0.683. The molecule has 0 bridgehead atoms. The highest BCUT2D eigenvalue weighted by atomic mass is 32.1. The summed E-state index contributed by atoms with van der Waals surface area (Å²) in [7, 11) is 0. The van der Waals surface area contributed by atoms with Crippen LogP contribution in [0.25, 0.3) is 11.1 Å². The normalized spacial score (nSPS) is 12.7. The number of carbonyl (C=O) groups is 1. The van der Waals surface area contributed by atoms with Crippen LogP contribution < -0.4 is 0 Å². The van der Waals surface area contributed by atoms with E-state index in [1.807, 2.05) is 24.3 Å². The SMILES string of the molecule is O=C(OCC1c2ccccc2-c2ccccc21)c1nccs1. The Hall–Kier alpha value is -2.46. The minimum Gasteiger partial charge on any atom is -0.459 e. The van der Waals surface area contributed by atoms with Crippen LogP contribution in [0.1, 0.15) is 26.8 Å². The summed E-state index contributed by atoms with van der Waals surface area (Å²) in [6.07, 6.45) is 1.61. The molecular formula is C18H13NO2S. The van der Waals surface area contributed by atoms with E-state index in [2.05, 4.69) is 29.2 Å². The third-order valence-corrected chi connectivity index (χ3v) is 4.70. The average Bonchev–Trinajstić information content (AvgIpc) is 3.20. The first-order valence-electron chi connectivity index (χ1n) is 7.09. The topological polar surface area (TPSA) is 39.2 Å². The highest BCUT2D eigenvalue weighted by Crippen LogP contribution is 2.44. The van der Waals surface area contributed by atoms with Crippen LogP contribution in [0.15, 0.2) is 60.1 Å². The number of carbonyl (C=O) groups excluding carboxylic acids is 1. The van der Waals surface area contributed by atoms with Crippen molar-refractivity contribution in [2.45, 2.75) is 5.92 Å². The Labute approximate surface area is 132 Å². The number of nitrogens with zero attached hydrogens (tertiary/aromatic N) is 1. The van der Waals surface area contributed by atoms with Crippen LogP contribution in [0.3, 0.4) is 0 Å². The van der Waals surface area contributed by atoms with Gasteiger partial charge in [-0.3, -0.25) is 0 Å². The van der Waals surface area contributed by atoms with Gasteiger partial charge in [-0.1, -0.05) is 48.5 Å². The van der Waals surface area contributed by atoms with E-state index >= 15 is 0 Å². The fraction of sp³-hybridized carbons (Fsp3) is 0.111. The molecule has 0 N–H and O–H groups in total. The van der Waals surface area contributed by atoms with Gasteiger partial charge in [-0.05, 0) is 22.3 Å². The van der Waals surface area contributed by atoms with Crippen molar-refractivity contribution in [2.75, 3.05) is 6.61 Å². The number of aromatic nitrogens is 1. The molecule has 4 heteroatoms. The summed E-state index contributed by atoms with van der Waals surface area (Å²) < 4.78 is 5.49. The van der Waals surface area contributed by atoms with Gasteiger partial charge in [0.25, 0.3) is 0 Å². The van der Waals surface area contributed by atoms with E-state index in [0.29, 0.717) is 11.6 Å². The van der Waals surface area contributed by atoms with Gasteiger partial charge in [0, 0.05) is 17.5 Å². The van der Waals surface area contributed by atoms with Gasteiger partial charge in [0.05, 0.1) is 0 Å². The molecule has 0 radical (unpaired) electrons. The second-order valence-corrected chi connectivity index (χ2v) is 6.06. The van der Waals surface area contributed by atoms with Gasteiger partial charge in [0.15, 0.2) is 0 Å². The van der Waals surface area contributed by atoms with Gasteiger partial charge >= 0.3 is 5.97 Å². The van der Waals surface area contributed by atoms with Gasteiger partial charge in [-0.15, -0.1) is 11.3 Å². The molecule has 0 atom stereocenters. The number of hydrogen-bond acceptors (Lipinski definition) is 4. The monoisotopic (exact) mass is 307 g/mol.